The summed E-state index contributed by atoms with van der Waals surface area (Å²) in [6.45, 7) is 0.0251. The predicted molar refractivity (Wildman–Crippen MR) is 122 cm³/mol. The Hall–Kier alpha value is -3.12. The highest BCUT2D eigenvalue weighted by Crippen LogP contribution is 2.20. The number of primary amides is 1. The lowest BCUT2D eigenvalue weighted by Crippen LogP contribution is -2.60. The monoisotopic (exact) mass is 493 g/mol. The molecular weight excluding hydrogens is 464 g/mol. The van der Waals surface area contributed by atoms with Crippen molar-refractivity contribution in [1.29, 1.82) is 0 Å². The van der Waals surface area contributed by atoms with Crippen LogP contribution in [-0.4, -0.2) is 84.4 Å². The van der Waals surface area contributed by atoms with Crippen LogP contribution in [0.3, 0.4) is 0 Å². The van der Waals surface area contributed by atoms with Gasteiger partial charge in [-0.25, -0.2) is 0 Å². The van der Waals surface area contributed by atoms with Crippen LogP contribution in [0.1, 0.15) is 18.4 Å². The molecule has 0 aromatic heterocycles. The van der Waals surface area contributed by atoms with Crippen LogP contribution in [-0.2, 0) is 35.1 Å². The number of hydrogen-bond acceptors (Lipinski definition) is 8. The first-order valence-electron chi connectivity index (χ1n) is 10.7. The average Bonchev–Trinajstić information content (AvgIpc) is 2.79. The minimum atomic E-state index is -1.29. The number of nitrogens with two attached hydrogens (primary N) is 1. The highest BCUT2D eigenvalue weighted by atomic mass is 32.2. The van der Waals surface area contributed by atoms with E-state index in [1.807, 2.05) is 6.07 Å². The first kappa shape index (κ1) is 27.1. The van der Waals surface area contributed by atoms with Crippen LogP contribution in [0.4, 0.5) is 0 Å². The smallest absolute Gasteiger partial charge is 0.246 e. The molecule has 0 bridgehead atoms. The summed E-state index contributed by atoms with van der Waals surface area (Å²) in [7, 11) is 1.39. The van der Waals surface area contributed by atoms with Crippen molar-refractivity contribution in [1.82, 2.24) is 15.5 Å². The molecule has 4 amide bonds. The van der Waals surface area contributed by atoms with Crippen molar-refractivity contribution in [2.45, 2.75) is 37.4 Å². The predicted octanol–water partition coefficient (Wildman–Crippen LogP) is -2.20. The van der Waals surface area contributed by atoms with Gasteiger partial charge in [0.05, 0.1) is 11.7 Å². The minimum absolute atomic E-state index is 0.120. The number of methoxy groups -OCH3 is 1. The van der Waals surface area contributed by atoms with Crippen molar-refractivity contribution in [3.8, 4) is 0 Å². The fraction of sp³-hybridized carbons (Fsp3) is 0.500. The Kier molecular flexibility index (Phi) is 10.8. The molecule has 0 radical (unpaired) electrons. The van der Waals surface area contributed by atoms with Crippen LogP contribution < -0.4 is 21.5 Å². The molecule has 34 heavy (non-hydrogen) atoms. The summed E-state index contributed by atoms with van der Waals surface area (Å²) in [5.41, 5.74) is 6.31. The largest absolute Gasteiger partial charge is 0.549 e. The molecule has 1 heterocycles. The number of nitrogens with one attached hydrogen (secondary N) is 2. The molecule has 1 aromatic rings. The van der Waals surface area contributed by atoms with Gasteiger partial charge in [-0.3, -0.25) is 19.2 Å². The van der Waals surface area contributed by atoms with Gasteiger partial charge in [0.2, 0.25) is 23.6 Å². The third-order valence-electron chi connectivity index (χ3n) is 5.25. The number of piperidine rings is 1. The number of carboxylic acids is 1. The van der Waals surface area contributed by atoms with Gasteiger partial charge in [-0.1, -0.05) is 30.3 Å². The lowest BCUT2D eigenvalue weighted by molar-refractivity contribution is -0.301. The first-order chi connectivity index (χ1) is 16.2. The second kappa shape index (κ2) is 13.6. The first-order valence-corrected chi connectivity index (χ1v) is 11.9. The molecule has 186 valence electrons. The van der Waals surface area contributed by atoms with E-state index in [1.54, 1.807) is 24.3 Å². The summed E-state index contributed by atoms with van der Waals surface area (Å²) >= 11 is 0.870. The normalized spacial score (nSPS) is 18.6. The van der Waals surface area contributed by atoms with Crippen LogP contribution in [0.25, 0.3) is 0 Å². The standard InChI is InChI=1S/C22H30N4O7S/c1-33-11-18(27)24-15-7-8-26(19(28)12-34-13-20(29)30)17(10-15)22(32)25-16(21(23)31)9-14-5-3-2-4-6-14/h2-6,15-17H,7-13H2,1H3,(H2,23,31)(H,24,27)(H,25,32)(H,29,30)/p-1/t15-,16+,17-/m0/s1. The highest BCUT2D eigenvalue weighted by Gasteiger charge is 2.37. The summed E-state index contributed by atoms with van der Waals surface area (Å²) < 4.78 is 4.81. The van der Waals surface area contributed by atoms with Gasteiger partial charge < -0.3 is 35.9 Å². The van der Waals surface area contributed by atoms with E-state index in [2.05, 4.69) is 10.6 Å². The Morgan fingerprint density at radius 2 is 1.91 bits per heavy atom. The van der Waals surface area contributed by atoms with Gasteiger partial charge in [0.1, 0.15) is 18.7 Å². The van der Waals surface area contributed by atoms with E-state index < -0.39 is 35.8 Å². The molecule has 3 atom stereocenters. The number of ether oxygens (including phenoxy) is 1. The van der Waals surface area contributed by atoms with E-state index >= 15 is 0 Å². The zero-order chi connectivity index (χ0) is 25.1. The molecule has 1 fully saturated rings. The number of carbonyl (C=O) groups excluding carboxylic acids is 5. The van der Waals surface area contributed by atoms with Crippen molar-refractivity contribution in [2.75, 3.05) is 31.8 Å². The fourth-order valence-corrected chi connectivity index (χ4v) is 4.30. The van der Waals surface area contributed by atoms with Gasteiger partial charge in [0.25, 0.3) is 0 Å². The number of likely N-dealkylation sites (tertiary alicyclic amines) is 1. The van der Waals surface area contributed by atoms with E-state index in [4.69, 9.17) is 10.5 Å². The zero-order valence-electron chi connectivity index (χ0n) is 18.9. The SMILES string of the molecule is COCC(=O)N[C@H]1CCN(C(=O)CSCC(=O)[O-])[C@H](C(=O)N[C@H](Cc2ccccc2)C(N)=O)C1. The van der Waals surface area contributed by atoms with E-state index in [9.17, 15) is 29.1 Å². The molecule has 1 aliphatic rings. The van der Waals surface area contributed by atoms with Gasteiger partial charge in [-0.15, -0.1) is 11.8 Å². The molecule has 4 N–H and O–H groups in total. The zero-order valence-corrected chi connectivity index (χ0v) is 19.7. The summed E-state index contributed by atoms with van der Waals surface area (Å²) in [6.07, 6.45) is 0.701. The van der Waals surface area contributed by atoms with Gasteiger partial charge in [0.15, 0.2) is 0 Å². The van der Waals surface area contributed by atoms with Crippen LogP contribution in [0.2, 0.25) is 0 Å². The molecule has 12 heteroatoms. The topological polar surface area (TPSA) is 171 Å². The Balaban J connectivity index is 2.14. The molecule has 2 rings (SSSR count). The minimum Gasteiger partial charge on any atom is -0.549 e. The maximum atomic E-state index is 13.2. The Morgan fingerprint density at radius 3 is 2.53 bits per heavy atom. The quantitative estimate of drug-likeness (QED) is 0.294. The lowest BCUT2D eigenvalue weighted by Gasteiger charge is -2.39. The lowest BCUT2D eigenvalue weighted by atomic mass is 9.95. The average molecular weight is 494 g/mol. The van der Waals surface area contributed by atoms with Crippen LogP contribution >= 0.6 is 11.8 Å². The van der Waals surface area contributed by atoms with Crippen molar-refractivity contribution in [2.24, 2.45) is 5.73 Å². The molecule has 1 saturated heterocycles. The third kappa shape index (κ3) is 8.67. The third-order valence-corrected chi connectivity index (χ3v) is 6.14. The van der Waals surface area contributed by atoms with Crippen molar-refractivity contribution >= 4 is 41.4 Å². The number of carboxylic acid groups (broad SMARTS) is 1. The fourth-order valence-electron chi connectivity index (χ4n) is 3.69. The molecule has 1 aliphatic heterocycles. The second-order valence-corrected chi connectivity index (χ2v) is 8.83. The van der Waals surface area contributed by atoms with Crippen molar-refractivity contribution in [3.63, 3.8) is 0 Å². The maximum Gasteiger partial charge on any atom is 0.246 e. The number of rotatable bonds is 12. The summed E-state index contributed by atoms with van der Waals surface area (Å²) in [6, 6.07) is 6.66. The molecule has 0 saturated carbocycles. The Morgan fingerprint density at radius 1 is 1.21 bits per heavy atom. The van der Waals surface area contributed by atoms with E-state index in [-0.39, 0.29) is 49.4 Å². The van der Waals surface area contributed by atoms with Gasteiger partial charge in [0, 0.05) is 31.9 Å². The number of benzene rings is 1. The van der Waals surface area contributed by atoms with E-state index in [1.165, 1.54) is 12.0 Å². The van der Waals surface area contributed by atoms with Crippen LogP contribution in [0.15, 0.2) is 30.3 Å². The Labute approximate surface area is 201 Å². The number of amides is 4. The molecule has 0 spiro atoms. The van der Waals surface area contributed by atoms with E-state index in [0.717, 1.165) is 17.3 Å². The molecule has 0 unspecified atom stereocenters. The Bertz CT molecular complexity index is 883. The second-order valence-electron chi connectivity index (χ2n) is 7.84. The number of carbonyl (C=O) groups is 5. The van der Waals surface area contributed by atoms with Crippen LogP contribution in [0, 0.1) is 0 Å². The number of hydrogen-bond donors (Lipinski definition) is 3. The number of thioether (sulfide) groups is 1. The van der Waals surface area contributed by atoms with Crippen molar-refractivity contribution in [3.05, 3.63) is 35.9 Å². The molecular formula is C22H29N4O7S-. The number of nitrogens with zero attached hydrogens (tertiary/aromatic N) is 1. The molecule has 11 nitrogen and oxygen atoms in total. The van der Waals surface area contributed by atoms with Gasteiger partial charge in [-0.2, -0.15) is 0 Å². The van der Waals surface area contributed by atoms with Crippen LogP contribution in [0.5, 0.6) is 0 Å². The molecule has 1 aromatic carbocycles. The summed E-state index contributed by atoms with van der Waals surface area (Å²) in [5, 5.41) is 16.1. The van der Waals surface area contributed by atoms with Crippen molar-refractivity contribution < 1.29 is 33.8 Å². The summed E-state index contributed by atoms with van der Waals surface area (Å²) in [4.78, 5) is 61.9. The summed E-state index contributed by atoms with van der Waals surface area (Å²) in [5.74, 6) is -3.88. The molecule has 0 aliphatic carbocycles. The van der Waals surface area contributed by atoms with Gasteiger partial charge >= 0.3 is 0 Å². The van der Waals surface area contributed by atoms with Gasteiger partial charge in [-0.05, 0) is 18.4 Å². The number of aliphatic carboxylic acids is 1. The highest BCUT2D eigenvalue weighted by molar-refractivity contribution is 8.00. The van der Waals surface area contributed by atoms with E-state index in [0.29, 0.717) is 6.42 Å². The maximum absolute atomic E-state index is 13.2.